The predicted molar refractivity (Wildman–Crippen MR) is 60.5 cm³/mol. The van der Waals surface area contributed by atoms with Gasteiger partial charge in [0.05, 0.1) is 5.41 Å². The average Bonchev–Trinajstić information content (AvgIpc) is 2.70. The molecule has 2 aliphatic rings. The van der Waals surface area contributed by atoms with Crippen molar-refractivity contribution < 1.29 is 4.79 Å². The Balaban J connectivity index is 2.07. The second-order valence-electron chi connectivity index (χ2n) is 5.75. The van der Waals surface area contributed by atoms with Crippen molar-refractivity contribution in [3.05, 3.63) is 0 Å². The van der Waals surface area contributed by atoms with E-state index in [1.54, 1.807) is 0 Å². The van der Waals surface area contributed by atoms with Crippen LogP contribution in [0.15, 0.2) is 0 Å². The molecule has 86 valence electrons. The van der Waals surface area contributed by atoms with Crippen molar-refractivity contribution in [1.82, 2.24) is 10.6 Å². The minimum absolute atomic E-state index is 0.113. The van der Waals surface area contributed by atoms with Crippen LogP contribution in [0.2, 0.25) is 0 Å². The third-order valence-corrected chi connectivity index (χ3v) is 4.16. The van der Waals surface area contributed by atoms with E-state index in [9.17, 15) is 4.79 Å². The third kappa shape index (κ3) is 1.89. The zero-order chi connectivity index (χ0) is 11.1. The van der Waals surface area contributed by atoms with Gasteiger partial charge in [0, 0.05) is 12.1 Å². The van der Waals surface area contributed by atoms with Gasteiger partial charge >= 0.3 is 0 Å². The van der Waals surface area contributed by atoms with Crippen LogP contribution in [0, 0.1) is 11.3 Å². The topological polar surface area (TPSA) is 41.1 Å². The Morgan fingerprint density at radius 1 is 1.33 bits per heavy atom. The zero-order valence-corrected chi connectivity index (χ0v) is 10.0. The van der Waals surface area contributed by atoms with Gasteiger partial charge in [0.2, 0.25) is 5.91 Å². The summed E-state index contributed by atoms with van der Waals surface area (Å²) in [5, 5.41) is 6.54. The first-order valence-corrected chi connectivity index (χ1v) is 6.02. The van der Waals surface area contributed by atoms with Crippen LogP contribution < -0.4 is 10.6 Å². The van der Waals surface area contributed by atoms with Crippen molar-refractivity contribution in [2.75, 3.05) is 13.1 Å². The minimum Gasteiger partial charge on any atom is -0.350 e. The van der Waals surface area contributed by atoms with Gasteiger partial charge in [-0.15, -0.1) is 0 Å². The molecule has 1 saturated heterocycles. The standard InChI is InChI=1S/C12H22N2O/c1-9(2)12(6-7-13-8-12)10(15)14-11(3)4-5-11/h9,13H,4-8H2,1-3H3,(H,14,15). The number of hydrogen-bond acceptors (Lipinski definition) is 2. The van der Waals surface area contributed by atoms with E-state index in [0.717, 1.165) is 32.4 Å². The van der Waals surface area contributed by atoms with Gasteiger partial charge < -0.3 is 10.6 Å². The fraction of sp³-hybridized carbons (Fsp3) is 0.917. The second-order valence-corrected chi connectivity index (χ2v) is 5.75. The average molecular weight is 210 g/mol. The van der Waals surface area contributed by atoms with E-state index in [2.05, 4.69) is 31.4 Å². The SMILES string of the molecule is CC(C)C1(C(=O)NC2(C)CC2)CCNC1. The van der Waals surface area contributed by atoms with Gasteiger partial charge in [-0.05, 0) is 38.6 Å². The van der Waals surface area contributed by atoms with Crippen molar-refractivity contribution in [2.24, 2.45) is 11.3 Å². The molecule has 1 aliphatic carbocycles. The molecule has 2 N–H and O–H groups in total. The molecule has 2 fully saturated rings. The summed E-state index contributed by atoms with van der Waals surface area (Å²) in [6.07, 6.45) is 3.26. The Bertz CT molecular complexity index is 263. The molecular formula is C12H22N2O. The van der Waals surface area contributed by atoms with Gasteiger partial charge in [-0.3, -0.25) is 4.79 Å². The highest BCUT2D eigenvalue weighted by atomic mass is 16.2. The van der Waals surface area contributed by atoms with Crippen molar-refractivity contribution in [1.29, 1.82) is 0 Å². The molecule has 0 aromatic heterocycles. The highest BCUT2D eigenvalue weighted by Gasteiger charge is 2.48. The first kappa shape index (κ1) is 10.9. The van der Waals surface area contributed by atoms with Gasteiger partial charge in [0.25, 0.3) is 0 Å². The lowest BCUT2D eigenvalue weighted by Gasteiger charge is -2.32. The van der Waals surface area contributed by atoms with E-state index in [-0.39, 0.29) is 16.9 Å². The smallest absolute Gasteiger partial charge is 0.228 e. The third-order valence-electron chi connectivity index (χ3n) is 4.16. The van der Waals surface area contributed by atoms with Crippen LogP contribution in [0.5, 0.6) is 0 Å². The van der Waals surface area contributed by atoms with Gasteiger partial charge in [-0.25, -0.2) is 0 Å². The molecule has 0 bridgehead atoms. The van der Waals surface area contributed by atoms with Gasteiger partial charge in [0.1, 0.15) is 0 Å². The van der Waals surface area contributed by atoms with Crippen LogP contribution in [-0.2, 0) is 4.79 Å². The summed E-state index contributed by atoms with van der Waals surface area (Å²) in [6, 6.07) is 0. The first-order valence-electron chi connectivity index (χ1n) is 6.02. The summed E-state index contributed by atoms with van der Waals surface area (Å²) in [5.74, 6) is 0.678. The highest BCUT2D eigenvalue weighted by Crippen LogP contribution is 2.39. The van der Waals surface area contributed by atoms with E-state index in [1.807, 2.05) is 0 Å². The lowest BCUT2D eigenvalue weighted by Crippen LogP contribution is -2.49. The molecule has 1 heterocycles. The first-order chi connectivity index (χ1) is 6.99. The number of carbonyl (C=O) groups excluding carboxylic acids is 1. The van der Waals surface area contributed by atoms with Gasteiger partial charge in [0.15, 0.2) is 0 Å². The Kier molecular flexibility index (Phi) is 2.53. The summed E-state index contributed by atoms with van der Waals surface area (Å²) in [6.45, 7) is 8.26. The molecule has 1 aliphatic heterocycles. The van der Waals surface area contributed by atoms with E-state index < -0.39 is 0 Å². The van der Waals surface area contributed by atoms with Crippen LogP contribution in [0.4, 0.5) is 0 Å². The lowest BCUT2D eigenvalue weighted by molar-refractivity contribution is -0.133. The number of hydrogen-bond donors (Lipinski definition) is 2. The molecule has 0 aromatic rings. The van der Waals surface area contributed by atoms with Crippen LogP contribution >= 0.6 is 0 Å². The summed E-state index contributed by atoms with van der Waals surface area (Å²) in [7, 11) is 0. The van der Waals surface area contributed by atoms with Crippen LogP contribution in [0.25, 0.3) is 0 Å². The van der Waals surface area contributed by atoms with Gasteiger partial charge in [-0.2, -0.15) is 0 Å². The van der Waals surface area contributed by atoms with Crippen LogP contribution in [0.1, 0.15) is 40.0 Å². The fourth-order valence-corrected chi connectivity index (χ4v) is 2.37. The number of rotatable bonds is 3. The molecule has 1 saturated carbocycles. The predicted octanol–water partition coefficient (Wildman–Crippen LogP) is 1.29. The Morgan fingerprint density at radius 3 is 2.40 bits per heavy atom. The summed E-state index contributed by atoms with van der Waals surface area (Å²) in [4.78, 5) is 12.3. The molecule has 0 spiro atoms. The van der Waals surface area contributed by atoms with Crippen LogP contribution in [-0.4, -0.2) is 24.5 Å². The molecule has 3 nitrogen and oxygen atoms in total. The summed E-state index contributed by atoms with van der Waals surface area (Å²) < 4.78 is 0. The second kappa shape index (κ2) is 3.48. The summed E-state index contributed by atoms with van der Waals surface area (Å²) >= 11 is 0. The summed E-state index contributed by atoms with van der Waals surface area (Å²) in [5.41, 5.74) is -0.0484. The molecule has 2 rings (SSSR count). The maximum atomic E-state index is 12.3. The van der Waals surface area contributed by atoms with Gasteiger partial charge in [-0.1, -0.05) is 13.8 Å². The van der Waals surface area contributed by atoms with E-state index >= 15 is 0 Å². The lowest BCUT2D eigenvalue weighted by atomic mass is 9.75. The molecule has 1 atom stereocenters. The normalized spacial score (nSPS) is 33.1. The van der Waals surface area contributed by atoms with Crippen molar-refractivity contribution >= 4 is 5.91 Å². The zero-order valence-electron chi connectivity index (χ0n) is 10.0. The van der Waals surface area contributed by atoms with Crippen molar-refractivity contribution in [2.45, 2.75) is 45.6 Å². The molecule has 1 amide bonds. The molecular weight excluding hydrogens is 188 g/mol. The largest absolute Gasteiger partial charge is 0.350 e. The Hall–Kier alpha value is -0.570. The highest BCUT2D eigenvalue weighted by molar-refractivity contribution is 5.84. The van der Waals surface area contributed by atoms with E-state index in [0.29, 0.717) is 5.92 Å². The minimum atomic E-state index is -0.161. The molecule has 15 heavy (non-hydrogen) atoms. The number of carbonyl (C=O) groups is 1. The fourth-order valence-electron chi connectivity index (χ4n) is 2.37. The van der Waals surface area contributed by atoms with Crippen LogP contribution in [0.3, 0.4) is 0 Å². The Morgan fingerprint density at radius 2 is 2.00 bits per heavy atom. The number of nitrogens with one attached hydrogen (secondary N) is 2. The molecule has 1 unspecified atom stereocenters. The van der Waals surface area contributed by atoms with Crippen molar-refractivity contribution in [3.63, 3.8) is 0 Å². The monoisotopic (exact) mass is 210 g/mol. The van der Waals surface area contributed by atoms with E-state index in [1.165, 1.54) is 0 Å². The maximum absolute atomic E-state index is 12.3. The molecule has 3 heteroatoms. The van der Waals surface area contributed by atoms with E-state index in [4.69, 9.17) is 0 Å². The maximum Gasteiger partial charge on any atom is 0.228 e. The molecule has 0 radical (unpaired) electrons. The molecule has 0 aromatic carbocycles. The Labute approximate surface area is 92.0 Å². The van der Waals surface area contributed by atoms with Crippen molar-refractivity contribution in [3.8, 4) is 0 Å². The quantitative estimate of drug-likeness (QED) is 0.737. The number of amides is 1.